The number of hydrogen-bond donors (Lipinski definition) is 0. The molecule has 2 aromatic rings. The van der Waals surface area contributed by atoms with Gasteiger partial charge in [-0.05, 0) is 24.5 Å². The summed E-state index contributed by atoms with van der Waals surface area (Å²) in [6.45, 7) is 1.79. The third-order valence-electron chi connectivity index (χ3n) is 4.08. The van der Waals surface area contributed by atoms with E-state index in [1.165, 1.54) is 0 Å². The Balaban J connectivity index is 1.61. The minimum atomic E-state index is 0.0336. The van der Waals surface area contributed by atoms with Gasteiger partial charge in [0.2, 0.25) is 5.91 Å². The largest absolute Gasteiger partial charge is 0.377 e. The van der Waals surface area contributed by atoms with Crippen molar-refractivity contribution in [3.63, 3.8) is 0 Å². The molecule has 124 valence electrons. The number of aromatic nitrogens is 2. The van der Waals surface area contributed by atoms with Crippen molar-refractivity contribution in [1.82, 2.24) is 14.9 Å². The Bertz CT molecular complexity index is 674. The van der Waals surface area contributed by atoms with E-state index in [4.69, 9.17) is 4.74 Å². The number of rotatable bonds is 5. The van der Waals surface area contributed by atoms with Gasteiger partial charge in [0.25, 0.3) is 0 Å². The minimum absolute atomic E-state index is 0.0336. The summed E-state index contributed by atoms with van der Waals surface area (Å²) in [5.74, 6) is 0.0336. The molecule has 1 aliphatic rings. The van der Waals surface area contributed by atoms with Gasteiger partial charge < -0.3 is 9.64 Å². The van der Waals surface area contributed by atoms with Crippen molar-refractivity contribution in [2.45, 2.75) is 18.9 Å². The fourth-order valence-corrected chi connectivity index (χ4v) is 2.79. The fourth-order valence-electron chi connectivity index (χ4n) is 2.79. The van der Waals surface area contributed by atoms with Gasteiger partial charge in [0.1, 0.15) is 0 Å². The summed E-state index contributed by atoms with van der Waals surface area (Å²) in [4.78, 5) is 22.8. The number of amides is 1. The molecule has 1 aliphatic heterocycles. The van der Waals surface area contributed by atoms with Crippen LogP contribution in [0.5, 0.6) is 0 Å². The van der Waals surface area contributed by atoms with Crippen LogP contribution in [0.4, 0.5) is 0 Å². The third kappa shape index (κ3) is 4.49. The van der Waals surface area contributed by atoms with E-state index in [-0.39, 0.29) is 11.9 Å². The number of morpholine rings is 1. The fraction of sp³-hybridized carbons (Fsp3) is 0.316. The molecule has 1 fully saturated rings. The van der Waals surface area contributed by atoms with Crippen molar-refractivity contribution >= 4 is 12.0 Å². The Morgan fingerprint density at radius 2 is 2.17 bits per heavy atom. The van der Waals surface area contributed by atoms with Crippen molar-refractivity contribution < 1.29 is 9.53 Å². The van der Waals surface area contributed by atoms with Crippen molar-refractivity contribution in [3.05, 3.63) is 66.3 Å². The molecule has 0 radical (unpaired) electrons. The number of aryl methyl sites for hydroxylation is 1. The Morgan fingerprint density at radius 1 is 1.29 bits per heavy atom. The first-order valence-electron chi connectivity index (χ1n) is 8.19. The van der Waals surface area contributed by atoms with Crippen LogP contribution in [0.2, 0.25) is 0 Å². The lowest BCUT2D eigenvalue weighted by Crippen LogP contribution is -2.48. The van der Waals surface area contributed by atoms with Gasteiger partial charge in [-0.1, -0.05) is 30.3 Å². The Morgan fingerprint density at radius 3 is 2.96 bits per heavy atom. The van der Waals surface area contributed by atoms with Gasteiger partial charge in [-0.2, -0.15) is 0 Å². The molecule has 1 aromatic carbocycles. The zero-order valence-electron chi connectivity index (χ0n) is 13.5. The van der Waals surface area contributed by atoms with E-state index >= 15 is 0 Å². The molecule has 0 N–H and O–H groups in total. The molecular formula is C19H21N3O2. The van der Waals surface area contributed by atoms with Crippen LogP contribution < -0.4 is 0 Å². The summed E-state index contributed by atoms with van der Waals surface area (Å²) >= 11 is 0. The van der Waals surface area contributed by atoms with E-state index in [0.29, 0.717) is 19.8 Å². The van der Waals surface area contributed by atoms with Crippen molar-refractivity contribution in [2.75, 3.05) is 19.8 Å². The maximum absolute atomic E-state index is 12.5. The summed E-state index contributed by atoms with van der Waals surface area (Å²) in [6.07, 6.45) is 10.2. The maximum atomic E-state index is 12.5. The highest BCUT2D eigenvalue weighted by atomic mass is 16.5. The Kier molecular flexibility index (Phi) is 5.69. The molecule has 0 bridgehead atoms. The van der Waals surface area contributed by atoms with Crippen LogP contribution in [0.15, 0.2) is 55.0 Å². The SMILES string of the molecule is O=C(/C=C/c1ccccc1)N1CCOC[C@H]1CCc1cnccn1. The van der Waals surface area contributed by atoms with Gasteiger partial charge in [-0.3, -0.25) is 14.8 Å². The number of benzene rings is 1. The van der Waals surface area contributed by atoms with Gasteiger partial charge >= 0.3 is 0 Å². The normalized spacial score (nSPS) is 18.0. The second-order valence-corrected chi connectivity index (χ2v) is 5.74. The van der Waals surface area contributed by atoms with Gasteiger partial charge in [-0.25, -0.2) is 0 Å². The zero-order chi connectivity index (χ0) is 16.6. The molecule has 1 aromatic heterocycles. The van der Waals surface area contributed by atoms with Crippen molar-refractivity contribution in [3.8, 4) is 0 Å². The standard InChI is InChI=1S/C19H21N3O2/c23-19(9-6-16-4-2-1-3-5-16)22-12-13-24-15-18(22)8-7-17-14-20-10-11-21-17/h1-6,9-11,14,18H,7-8,12-13,15H2/b9-6+/t18-/m1/s1. The minimum Gasteiger partial charge on any atom is -0.377 e. The molecule has 5 heteroatoms. The third-order valence-corrected chi connectivity index (χ3v) is 4.08. The molecular weight excluding hydrogens is 302 g/mol. The van der Waals surface area contributed by atoms with Crippen LogP contribution in [0.25, 0.3) is 6.08 Å². The highest BCUT2D eigenvalue weighted by Crippen LogP contribution is 2.14. The van der Waals surface area contributed by atoms with Crippen LogP contribution in [0.3, 0.4) is 0 Å². The van der Waals surface area contributed by atoms with Crippen LogP contribution >= 0.6 is 0 Å². The molecule has 1 atom stereocenters. The average molecular weight is 323 g/mol. The zero-order valence-corrected chi connectivity index (χ0v) is 13.5. The van der Waals surface area contributed by atoms with Crippen LogP contribution in [0.1, 0.15) is 17.7 Å². The topological polar surface area (TPSA) is 55.3 Å². The molecule has 0 saturated carbocycles. The first-order valence-corrected chi connectivity index (χ1v) is 8.19. The van der Waals surface area contributed by atoms with Crippen molar-refractivity contribution in [2.24, 2.45) is 0 Å². The van der Waals surface area contributed by atoms with Gasteiger partial charge in [0.05, 0.1) is 24.9 Å². The summed E-state index contributed by atoms with van der Waals surface area (Å²) in [5.41, 5.74) is 1.96. The highest BCUT2D eigenvalue weighted by Gasteiger charge is 2.25. The summed E-state index contributed by atoms with van der Waals surface area (Å²) in [7, 11) is 0. The second kappa shape index (κ2) is 8.36. The predicted molar refractivity (Wildman–Crippen MR) is 92.1 cm³/mol. The molecule has 2 heterocycles. The number of ether oxygens (including phenoxy) is 1. The number of carbonyl (C=O) groups is 1. The monoisotopic (exact) mass is 323 g/mol. The van der Waals surface area contributed by atoms with E-state index in [1.807, 2.05) is 41.3 Å². The Labute approximate surface area is 142 Å². The van der Waals surface area contributed by atoms with Crippen LogP contribution in [0, 0.1) is 0 Å². The summed E-state index contributed by atoms with van der Waals surface area (Å²) < 4.78 is 5.56. The van der Waals surface area contributed by atoms with E-state index in [9.17, 15) is 4.79 Å². The Hall–Kier alpha value is -2.53. The van der Waals surface area contributed by atoms with Gasteiger partial charge in [-0.15, -0.1) is 0 Å². The summed E-state index contributed by atoms with van der Waals surface area (Å²) in [5, 5.41) is 0. The van der Waals surface area contributed by atoms with Crippen molar-refractivity contribution in [1.29, 1.82) is 0 Å². The quantitative estimate of drug-likeness (QED) is 0.793. The number of carbonyl (C=O) groups excluding carboxylic acids is 1. The molecule has 24 heavy (non-hydrogen) atoms. The molecule has 0 aliphatic carbocycles. The lowest BCUT2D eigenvalue weighted by Gasteiger charge is -2.35. The molecule has 5 nitrogen and oxygen atoms in total. The molecule has 1 amide bonds. The molecule has 3 rings (SSSR count). The van der Waals surface area contributed by atoms with E-state index < -0.39 is 0 Å². The maximum Gasteiger partial charge on any atom is 0.246 e. The van der Waals surface area contributed by atoms with Crippen LogP contribution in [-0.2, 0) is 16.0 Å². The molecule has 1 saturated heterocycles. The first kappa shape index (κ1) is 16.3. The predicted octanol–water partition coefficient (Wildman–Crippen LogP) is 2.35. The first-order chi connectivity index (χ1) is 11.8. The average Bonchev–Trinajstić information content (AvgIpc) is 2.66. The summed E-state index contributed by atoms with van der Waals surface area (Å²) in [6, 6.07) is 9.92. The molecule has 0 spiro atoms. The smallest absolute Gasteiger partial charge is 0.246 e. The van der Waals surface area contributed by atoms with E-state index in [0.717, 1.165) is 24.1 Å². The lowest BCUT2D eigenvalue weighted by molar-refractivity contribution is -0.134. The number of hydrogen-bond acceptors (Lipinski definition) is 4. The second-order valence-electron chi connectivity index (χ2n) is 5.74. The number of nitrogens with zero attached hydrogens (tertiary/aromatic N) is 3. The van der Waals surface area contributed by atoms with Crippen LogP contribution in [-0.4, -0.2) is 46.6 Å². The van der Waals surface area contributed by atoms with E-state index in [2.05, 4.69) is 9.97 Å². The highest BCUT2D eigenvalue weighted by molar-refractivity contribution is 5.92. The molecule has 0 unspecified atom stereocenters. The van der Waals surface area contributed by atoms with E-state index in [1.54, 1.807) is 24.7 Å². The lowest BCUT2D eigenvalue weighted by atomic mass is 10.1. The van der Waals surface area contributed by atoms with Gasteiger partial charge in [0.15, 0.2) is 0 Å². The van der Waals surface area contributed by atoms with Gasteiger partial charge in [0, 0.05) is 31.2 Å².